The standard InChI is InChI=1S/C23H33N3O3.HI/c1-6-24-23(26-16-18-7-12-21(28-4)22(15-18)29-5)25-14-13-17(2)19-8-10-20(27-3)11-9-19;/h7-12,15,17H,6,13-14,16H2,1-5H3,(H2,24,25,26);1H. The average molecular weight is 527 g/mol. The maximum atomic E-state index is 5.37. The van der Waals surface area contributed by atoms with Gasteiger partial charge in [-0.05, 0) is 54.7 Å². The van der Waals surface area contributed by atoms with E-state index in [1.54, 1.807) is 21.3 Å². The Morgan fingerprint density at radius 2 is 1.63 bits per heavy atom. The lowest BCUT2D eigenvalue weighted by Gasteiger charge is -2.15. The zero-order valence-electron chi connectivity index (χ0n) is 18.5. The summed E-state index contributed by atoms with van der Waals surface area (Å²) in [5.74, 6) is 3.58. The number of ether oxygens (including phenoxy) is 3. The zero-order chi connectivity index (χ0) is 21.1. The third-order valence-electron chi connectivity index (χ3n) is 4.77. The molecule has 0 spiro atoms. The van der Waals surface area contributed by atoms with E-state index in [4.69, 9.17) is 14.2 Å². The lowest BCUT2D eigenvalue weighted by molar-refractivity contribution is 0.354. The van der Waals surface area contributed by atoms with Crippen LogP contribution in [0.1, 0.15) is 37.3 Å². The third kappa shape index (κ3) is 7.93. The van der Waals surface area contributed by atoms with Crippen molar-refractivity contribution < 1.29 is 14.2 Å². The van der Waals surface area contributed by atoms with Crippen LogP contribution in [0.15, 0.2) is 47.5 Å². The minimum absolute atomic E-state index is 0. The Kier molecular flexibility index (Phi) is 12.0. The Bertz CT molecular complexity index is 782. The lowest BCUT2D eigenvalue weighted by atomic mass is 9.98. The highest BCUT2D eigenvalue weighted by Crippen LogP contribution is 2.27. The minimum Gasteiger partial charge on any atom is -0.497 e. The lowest BCUT2D eigenvalue weighted by Crippen LogP contribution is -2.38. The van der Waals surface area contributed by atoms with Gasteiger partial charge in [-0.2, -0.15) is 0 Å². The molecule has 0 aliphatic rings. The Morgan fingerprint density at radius 3 is 2.23 bits per heavy atom. The van der Waals surface area contributed by atoms with Crippen molar-refractivity contribution in [1.82, 2.24) is 10.6 Å². The molecule has 0 saturated carbocycles. The summed E-state index contributed by atoms with van der Waals surface area (Å²) < 4.78 is 15.9. The molecular weight excluding hydrogens is 493 g/mol. The molecule has 2 aromatic carbocycles. The number of rotatable bonds is 10. The predicted molar refractivity (Wildman–Crippen MR) is 134 cm³/mol. The van der Waals surface area contributed by atoms with Crippen LogP contribution < -0.4 is 24.8 Å². The molecule has 7 heteroatoms. The molecule has 0 bridgehead atoms. The monoisotopic (exact) mass is 527 g/mol. The van der Waals surface area contributed by atoms with Gasteiger partial charge in [0.25, 0.3) is 0 Å². The Morgan fingerprint density at radius 1 is 0.933 bits per heavy atom. The molecule has 0 aliphatic heterocycles. The van der Waals surface area contributed by atoms with E-state index in [0.717, 1.165) is 42.5 Å². The van der Waals surface area contributed by atoms with E-state index in [1.807, 2.05) is 30.3 Å². The Hall–Kier alpha value is -2.16. The molecular formula is C23H34IN3O3. The fourth-order valence-electron chi connectivity index (χ4n) is 3.00. The number of methoxy groups -OCH3 is 3. The van der Waals surface area contributed by atoms with E-state index in [9.17, 15) is 0 Å². The average Bonchev–Trinajstić information content (AvgIpc) is 2.77. The van der Waals surface area contributed by atoms with Crippen molar-refractivity contribution >= 4 is 29.9 Å². The SMILES string of the molecule is CCNC(=NCc1ccc(OC)c(OC)c1)NCCC(C)c1ccc(OC)cc1.I. The van der Waals surface area contributed by atoms with Crippen LogP contribution in [0, 0.1) is 0 Å². The summed E-state index contributed by atoms with van der Waals surface area (Å²) in [5.41, 5.74) is 2.37. The third-order valence-corrected chi connectivity index (χ3v) is 4.77. The first-order chi connectivity index (χ1) is 14.1. The molecule has 0 fully saturated rings. The molecule has 2 aromatic rings. The number of aliphatic imine (C=N–C) groups is 1. The van der Waals surface area contributed by atoms with Gasteiger partial charge in [-0.3, -0.25) is 0 Å². The molecule has 0 aromatic heterocycles. The molecule has 2 N–H and O–H groups in total. The fourth-order valence-corrected chi connectivity index (χ4v) is 3.00. The van der Waals surface area contributed by atoms with Crippen LogP contribution in [-0.2, 0) is 6.54 Å². The van der Waals surface area contributed by atoms with Gasteiger partial charge in [-0.1, -0.05) is 25.1 Å². The van der Waals surface area contributed by atoms with Crippen LogP contribution in [0.3, 0.4) is 0 Å². The quantitative estimate of drug-likeness (QED) is 0.269. The minimum atomic E-state index is 0. The predicted octanol–water partition coefficient (Wildman–Crippen LogP) is 4.58. The maximum absolute atomic E-state index is 5.37. The Labute approximate surface area is 197 Å². The van der Waals surface area contributed by atoms with Crippen molar-refractivity contribution in [2.75, 3.05) is 34.4 Å². The van der Waals surface area contributed by atoms with Gasteiger partial charge in [0.05, 0.1) is 27.9 Å². The molecule has 1 unspecified atom stereocenters. The maximum Gasteiger partial charge on any atom is 0.191 e. The summed E-state index contributed by atoms with van der Waals surface area (Å²) in [6.07, 6.45) is 1.01. The van der Waals surface area contributed by atoms with Crippen LogP contribution in [0.5, 0.6) is 17.2 Å². The zero-order valence-corrected chi connectivity index (χ0v) is 20.9. The number of halogens is 1. The molecule has 0 radical (unpaired) electrons. The summed E-state index contributed by atoms with van der Waals surface area (Å²) in [6, 6.07) is 14.1. The summed E-state index contributed by atoms with van der Waals surface area (Å²) in [7, 11) is 4.96. The summed E-state index contributed by atoms with van der Waals surface area (Å²) >= 11 is 0. The van der Waals surface area contributed by atoms with Crippen molar-refractivity contribution in [3.05, 3.63) is 53.6 Å². The summed E-state index contributed by atoms with van der Waals surface area (Å²) in [5, 5.41) is 6.72. The smallest absolute Gasteiger partial charge is 0.191 e. The molecule has 0 amide bonds. The molecule has 0 heterocycles. The van der Waals surface area contributed by atoms with Crippen molar-refractivity contribution in [2.45, 2.75) is 32.7 Å². The van der Waals surface area contributed by atoms with Gasteiger partial charge in [0.2, 0.25) is 0 Å². The van der Waals surface area contributed by atoms with Crippen LogP contribution in [0.2, 0.25) is 0 Å². The first kappa shape index (κ1) is 25.9. The second kappa shape index (κ2) is 14.0. The van der Waals surface area contributed by atoms with Crippen molar-refractivity contribution in [1.29, 1.82) is 0 Å². The molecule has 6 nitrogen and oxygen atoms in total. The van der Waals surface area contributed by atoms with E-state index in [0.29, 0.717) is 18.2 Å². The van der Waals surface area contributed by atoms with Gasteiger partial charge >= 0.3 is 0 Å². The number of benzene rings is 2. The second-order valence-electron chi connectivity index (χ2n) is 6.77. The van der Waals surface area contributed by atoms with Crippen molar-refractivity contribution in [3.8, 4) is 17.2 Å². The van der Waals surface area contributed by atoms with Crippen LogP contribution in [0.4, 0.5) is 0 Å². The van der Waals surface area contributed by atoms with Crippen LogP contribution in [0.25, 0.3) is 0 Å². The highest BCUT2D eigenvalue weighted by molar-refractivity contribution is 14.0. The van der Waals surface area contributed by atoms with Crippen LogP contribution in [-0.4, -0.2) is 40.4 Å². The van der Waals surface area contributed by atoms with Crippen molar-refractivity contribution in [2.24, 2.45) is 4.99 Å². The molecule has 0 saturated heterocycles. The number of nitrogens with zero attached hydrogens (tertiary/aromatic N) is 1. The number of hydrogen-bond acceptors (Lipinski definition) is 4. The van der Waals surface area contributed by atoms with Gasteiger partial charge < -0.3 is 24.8 Å². The second-order valence-corrected chi connectivity index (χ2v) is 6.77. The molecule has 166 valence electrons. The number of nitrogens with one attached hydrogen (secondary N) is 2. The largest absolute Gasteiger partial charge is 0.497 e. The van der Waals surface area contributed by atoms with E-state index in [2.05, 4.69) is 41.6 Å². The first-order valence-electron chi connectivity index (χ1n) is 9.98. The fraction of sp³-hybridized carbons (Fsp3) is 0.435. The van der Waals surface area contributed by atoms with Gasteiger partial charge in [-0.15, -0.1) is 24.0 Å². The molecule has 0 aliphatic carbocycles. The van der Waals surface area contributed by atoms with E-state index in [1.165, 1.54) is 5.56 Å². The summed E-state index contributed by atoms with van der Waals surface area (Å²) in [4.78, 5) is 4.69. The van der Waals surface area contributed by atoms with Crippen molar-refractivity contribution in [3.63, 3.8) is 0 Å². The first-order valence-corrected chi connectivity index (χ1v) is 9.98. The van der Waals surface area contributed by atoms with Gasteiger partial charge in [0.15, 0.2) is 17.5 Å². The summed E-state index contributed by atoms with van der Waals surface area (Å²) in [6.45, 7) is 6.51. The number of hydrogen-bond donors (Lipinski definition) is 2. The van der Waals surface area contributed by atoms with Gasteiger partial charge in [0.1, 0.15) is 5.75 Å². The van der Waals surface area contributed by atoms with E-state index in [-0.39, 0.29) is 24.0 Å². The molecule has 30 heavy (non-hydrogen) atoms. The van der Waals surface area contributed by atoms with E-state index < -0.39 is 0 Å². The molecule has 2 rings (SSSR count). The van der Waals surface area contributed by atoms with Gasteiger partial charge in [0, 0.05) is 13.1 Å². The highest BCUT2D eigenvalue weighted by Gasteiger charge is 2.07. The number of guanidine groups is 1. The topological polar surface area (TPSA) is 64.1 Å². The normalized spacial score (nSPS) is 11.8. The Balaban J connectivity index is 0.00000450. The van der Waals surface area contributed by atoms with E-state index >= 15 is 0 Å². The van der Waals surface area contributed by atoms with Gasteiger partial charge in [-0.25, -0.2) is 4.99 Å². The van der Waals surface area contributed by atoms with Crippen LogP contribution >= 0.6 is 24.0 Å². The molecule has 1 atom stereocenters. The highest BCUT2D eigenvalue weighted by atomic mass is 127.